The van der Waals surface area contributed by atoms with Gasteiger partial charge in [0.15, 0.2) is 0 Å². The molecule has 1 aromatic carbocycles. The van der Waals surface area contributed by atoms with Gasteiger partial charge in [-0.15, -0.1) is 0 Å². The number of hydrogen-bond acceptors (Lipinski definition) is 2. The summed E-state index contributed by atoms with van der Waals surface area (Å²) in [7, 11) is 1.69. The van der Waals surface area contributed by atoms with Gasteiger partial charge >= 0.3 is 0 Å². The first-order valence-corrected chi connectivity index (χ1v) is 8.71. The maximum absolute atomic E-state index is 5.38. The molecule has 0 radical (unpaired) electrons. The molecule has 2 nitrogen and oxygen atoms in total. The molecule has 0 aliphatic rings. The van der Waals surface area contributed by atoms with Crippen LogP contribution in [0.1, 0.15) is 40.5 Å². The molecule has 0 aliphatic carbocycles. The van der Waals surface area contributed by atoms with Crippen LogP contribution >= 0.6 is 31.9 Å². The number of nitrogens with one attached hydrogen (secondary N) is 1. The molecular formula is C16H25Br2NO. The SMILES string of the molecule is COc1cc(NC(CC(C)C)CC(C)C)c(Br)cc1Br. The van der Waals surface area contributed by atoms with Crippen molar-refractivity contribution >= 4 is 37.5 Å². The zero-order valence-corrected chi connectivity index (χ0v) is 16.1. The summed E-state index contributed by atoms with van der Waals surface area (Å²) >= 11 is 7.13. The largest absolute Gasteiger partial charge is 0.495 e. The van der Waals surface area contributed by atoms with Gasteiger partial charge in [-0.2, -0.15) is 0 Å². The molecule has 1 rings (SSSR count). The molecule has 1 aromatic rings. The molecule has 0 unspecified atom stereocenters. The highest BCUT2D eigenvalue weighted by atomic mass is 79.9. The van der Waals surface area contributed by atoms with Crippen LogP contribution < -0.4 is 10.1 Å². The summed E-state index contributed by atoms with van der Waals surface area (Å²) < 4.78 is 7.39. The van der Waals surface area contributed by atoms with E-state index in [1.165, 1.54) is 12.8 Å². The Balaban J connectivity index is 2.91. The Labute approximate surface area is 139 Å². The van der Waals surface area contributed by atoms with Crippen LogP contribution in [0, 0.1) is 11.8 Å². The van der Waals surface area contributed by atoms with Crippen molar-refractivity contribution in [1.82, 2.24) is 0 Å². The molecule has 0 spiro atoms. The number of anilines is 1. The van der Waals surface area contributed by atoms with Crippen LogP contribution in [0.5, 0.6) is 5.75 Å². The van der Waals surface area contributed by atoms with Gasteiger partial charge in [-0.3, -0.25) is 0 Å². The van der Waals surface area contributed by atoms with Crippen molar-refractivity contribution in [1.29, 1.82) is 0 Å². The van der Waals surface area contributed by atoms with Gasteiger partial charge in [0.25, 0.3) is 0 Å². The molecule has 0 saturated heterocycles. The summed E-state index contributed by atoms with van der Waals surface area (Å²) in [5.74, 6) is 2.22. The van der Waals surface area contributed by atoms with Crippen molar-refractivity contribution in [2.75, 3.05) is 12.4 Å². The third kappa shape index (κ3) is 5.65. The summed E-state index contributed by atoms with van der Waals surface area (Å²) in [4.78, 5) is 0. The second-order valence-corrected chi connectivity index (χ2v) is 7.78. The molecule has 0 aromatic heterocycles. The third-order valence-corrected chi connectivity index (χ3v) is 4.39. The Hall–Kier alpha value is -0.220. The van der Waals surface area contributed by atoms with Gasteiger partial charge in [-0.1, -0.05) is 27.7 Å². The van der Waals surface area contributed by atoms with Gasteiger partial charge in [-0.05, 0) is 62.6 Å². The number of halogens is 2. The lowest BCUT2D eigenvalue weighted by atomic mass is 9.95. The molecule has 0 fully saturated rings. The van der Waals surface area contributed by atoms with Gasteiger partial charge in [0.05, 0.1) is 17.3 Å². The van der Waals surface area contributed by atoms with E-state index in [1.54, 1.807) is 7.11 Å². The number of benzene rings is 1. The fraction of sp³-hybridized carbons (Fsp3) is 0.625. The Morgan fingerprint density at radius 1 is 1.00 bits per heavy atom. The lowest BCUT2D eigenvalue weighted by molar-refractivity contribution is 0.411. The van der Waals surface area contributed by atoms with Gasteiger partial charge in [0.2, 0.25) is 0 Å². The van der Waals surface area contributed by atoms with Crippen molar-refractivity contribution in [3.63, 3.8) is 0 Å². The van der Waals surface area contributed by atoms with Crippen LogP contribution in [0.4, 0.5) is 5.69 Å². The summed E-state index contributed by atoms with van der Waals surface area (Å²) in [5, 5.41) is 3.66. The van der Waals surface area contributed by atoms with Gasteiger partial charge < -0.3 is 10.1 Å². The Morgan fingerprint density at radius 3 is 2.00 bits per heavy atom. The van der Waals surface area contributed by atoms with Crippen LogP contribution in [0.3, 0.4) is 0 Å². The minimum absolute atomic E-state index is 0.484. The Morgan fingerprint density at radius 2 is 1.55 bits per heavy atom. The summed E-state index contributed by atoms with van der Waals surface area (Å²) in [6, 6.07) is 4.56. The summed E-state index contributed by atoms with van der Waals surface area (Å²) in [5.41, 5.74) is 1.09. The van der Waals surface area contributed by atoms with E-state index in [9.17, 15) is 0 Å². The molecule has 1 N–H and O–H groups in total. The molecule has 0 atom stereocenters. The lowest BCUT2D eigenvalue weighted by Crippen LogP contribution is -2.23. The minimum atomic E-state index is 0.484. The van der Waals surface area contributed by atoms with E-state index in [-0.39, 0.29) is 0 Å². The lowest BCUT2D eigenvalue weighted by Gasteiger charge is -2.24. The standard InChI is InChI=1S/C16H25Br2NO/c1-10(2)6-12(7-11(3)4)19-15-9-16(20-5)14(18)8-13(15)17/h8-12,19H,6-7H2,1-5H3. The molecule has 4 heteroatoms. The molecule has 0 heterocycles. The third-order valence-electron chi connectivity index (χ3n) is 3.11. The molecule has 20 heavy (non-hydrogen) atoms. The maximum atomic E-state index is 5.38. The molecule has 114 valence electrons. The van der Waals surface area contributed by atoms with E-state index in [2.05, 4.69) is 64.9 Å². The number of hydrogen-bond donors (Lipinski definition) is 1. The second-order valence-electron chi connectivity index (χ2n) is 6.07. The quantitative estimate of drug-likeness (QED) is 0.591. The molecule has 0 bridgehead atoms. The maximum Gasteiger partial charge on any atom is 0.135 e. The molecule has 0 amide bonds. The summed E-state index contributed by atoms with van der Waals surface area (Å²) in [6.07, 6.45) is 2.34. The zero-order valence-electron chi connectivity index (χ0n) is 13.0. The fourth-order valence-electron chi connectivity index (χ4n) is 2.37. The van der Waals surface area contributed by atoms with Gasteiger partial charge in [0.1, 0.15) is 5.75 Å². The van der Waals surface area contributed by atoms with E-state index >= 15 is 0 Å². The first-order valence-electron chi connectivity index (χ1n) is 7.13. The monoisotopic (exact) mass is 405 g/mol. The van der Waals surface area contributed by atoms with E-state index in [1.807, 2.05) is 12.1 Å². The van der Waals surface area contributed by atoms with Crippen LogP contribution in [-0.4, -0.2) is 13.2 Å². The number of ether oxygens (including phenoxy) is 1. The zero-order chi connectivity index (χ0) is 15.3. The average Bonchev–Trinajstić information content (AvgIpc) is 2.30. The molecule has 0 saturated carbocycles. The predicted octanol–water partition coefficient (Wildman–Crippen LogP) is 6.09. The van der Waals surface area contributed by atoms with Gasteiger partial charge in [0, 0.05) is 16.6 Å². The van der Waals surface area contributed by atoms with E-state index in [4.69, 9.17) is 4.74 Å². The highest BCUT2D eigenvalue weighted by Gasteiger charge is 2.15. The van der Waals surface area contributed by atoms with Crippen LogP contribution in [0.15, 0.2) is 21.1 Å². The van der Waals surface area contributed by atoms with Gasteiger partial charge in [-0.25, -0.2) is 0 Å². The van der Waals surface area contributed by atoms with Crippen LogP contribution in [0.25, 0.3) is 0 Å². The summed E-state index contributed by atoms with van der Waals surface area (Å²) in [6.45, 7) is 9.08. The van der Waals surface area contributed by atoms with E-state index < -0.39 is 0 Å². The topological polar surface area (TPSA) is 21.3 Å². The minimum Gasteiger partial charge on any atom is -0.495 e. The predicted molar refractivity (Wildman–Crippen MR) is 94.7 cm³/mol. The van der Waals surface area contributed by atoms with Crippen LogP contribution in [0.2, 0.25) is 0 Å². The molecule has 0 aliphatic heterocycles. The first kappa shape index (κ1) is 17.8. The Kier molecular flexibility index (Phi) is 7.38. The number of methoxy groups -OCH3 is 1. The van der Waals surface area contributed by atoms with E-state index in [0.29, 0.717) is 17.9 Å². The Bertz CT molecular complexity index is 423. The van der Waals surface area contributed by atoms with Crippen molar-refractivity contribution in [3.8, 4) is 5.75 Å². The van der Waals surface area contributed by atoms with Crippen molar-refractivity contribution in [2.45, 2.75) is 46.6 Å². The highest BCUT2D eigenvalue weighted by molar-refractivity contribution is 9.11. The molecular weight excluding hydrogens is 382 g/mol. The smallest absolute Gasteiger partial charge is 0.135 e. The van der Waals surface area contributed by atoms with E-state index in [0.717, 1.165) is 20.4 Å². The van der Waals surface area contributed by atoms with Crippen molar-refractivity contribution in [2.24, 2.45) is 11.8 Å². The number of rotatable bonds is 7. The van der Waals surface area contributed by atoms with Crippen molar-refractivity contribution < 1.29 is 4.74 Å². The normalized spacial score (nSPS) is 11.5. The van der Waals surface area contributed by atoms with Crippen LogP contribution in [-0.2, 0) is 0 Å². The van der Waals surface area contributed by atoms with Crippen molar-refractivity contribution in [3.05, 3.63) is 21.1 Å². The second kappa shape index (κ2) is 8.28. The average molecular weight is 407 g/mol. The highest BCUT2D eigenvalue weighted by Crippen LogP contribution is 2.35. The first-order chi connectivity index (χ1) is 9.33. The fourth-order valence-corrected chi connectivity index (χ4v) is 3.64.